The Hall–Kier alpha value is -0.0800. The number of piperidine rings is 1. The molecule has 2 fully saturated rings. The van der Waals surface area contributed by atoms with Gasteiger partial charge < -0.3 is 10.6 Å². The van der Waals surface area contributed by atoms with E-state index in [9.17, 15) is 0 Å². The molecule has 2 unspecified atom stereocenters. The van der Waals surface area contributed by atoms with Crippen molar-refractivity contribution in [3.05, 3.63) is 0 Å². The molecule has 0 bridgehead atoms. The highest BCUT2D eigenvalue weighted by Gasteiger charge is 2.28. The fourth-order valence-electron chi connectivity index (χ4n) is 3.37. The monoisotopic (exact) mass is 210 g/mol. The zero-order chi connectivity index (χ0) is 10.5. The quantitative estimate of drug-likeness (QED) is 0.709. The van der Waals surface area contributed by atoms with Crippen molar-refractivity contribution in [2.45, 2.75) is 57.4 Å². The summed E-state index contributed by atoms with van der Waals surface area (Å²) in [5.74, 6) is 0.783. The van der Waals surface area contributed by atoms with Gasteiger partial charge in [-0.3, -0.25) is 0 Å². The Morgan fingerprint density at radius 2 is 1.53 bits per heavy atom. The van der Waals surface area contributed by atoms with Crippen molar-refractivity contribution in [1.82, 2.24) is 4.90 Å². The number of rotatable bonds is 2. The Kier molecular flexibility index (Phi) is 4.45. The SMILES string of the molecule is NCC1CCCCCC1N1CCCCC1. The smallest absolute Gasteiger partial charge is 0.0135 e. The summed E-state index contributed by atoms with van der Waals surface area (Å²) < 4.78 is 0. The predicted molar refractivity (Wildman–Crippen MR) is 64.8 cm³/mol. The lowest BCUT2D eigenvalue weighted by molar-refractivity contribution is 0.112. The molecule has 1 heterocycles. The summed E-state index contributed by atoms with van der Waals surface area (Å²) in [5.41, 5.74) is 5.94. The van der Waals surface area contributed by atoms with Crippen LogP contribution in [0.3, 0.4) is 0 Å². The maximum absolute atomic E-state index is 5.94. The van der Waals surface area contributed by atoms with Gasteiger partial charge in [0.05, 0.1) is 0 Å². The van der Waals surface area contributed by atoms with Gasteiger partial charge in [-0.15, -0.1) is 0 Å². The maximum atomic E-state index is 5.94. The average Bonchev–Trinajstić information content (AvgIpc) is 2.55. The van der Waals surface area contributed by atoms with E-state index < -0.39 is 0 Å². The molecule has 0 aromatic carbocycles. The Balaban J connectivity index is 1.95. The highest BCUT2D eigenvalue weighted by atomic mass is 15.2. The lowest BCUT2D eigenvalue weighted by Gasteiger charge is -2.38. The zero-order valence-electron chi connectivity index (χ0n) is 9.96. The second-order valence-corrected chi connectivity index (χ2v) is 5.30. The van der Waals surface area contributed by atoms with Crippen LogP contribution in [0.15, 0.2) is 0 Å². The van der Waals surface area contributed by atoms with Crippen LogP contribution in [0, 0.1) is 5.92 Å². The number of hydrogen-bond donors (Lipinski definition) is 1. The van der Waals surface area contributed by atoms with Gasteiger partial charge in [0, 0.05) is 6.04 Å². The first-order valence-corrected chi connectivity index (χ1v) is 6.86. The summed E-state index contributed by atoms with van der Waals surface area (Å²) >= 11 is 0. The van der Waals surface area contributed by atoms with Crippen LogP contribution >= 0.6 is 0 Å². The van der Waals surface area contributed by atoms with E-state index in [1.165, 1.54) is 64.5 Å². The lowest BCUT2D eigenvalue weighted by Crippen LogP contribution is -2.45. The van der Waals surface area contributed by atoms with Crippen LogP contribution in [-0.4, -0.2) is 30.6 Å². The van der Waals surface area contributed by atoms with Gasteiger partial charge in [0.1, 0.15) is 0 Å². The summed E-state index contributed by atoms with van der Waals surface area (Å²) in [6, 6.07) is 0.817. The minimum Gasteiger partial charge on any atom is -0.330 e. The third-order valence-electron chi connectivity index (χ3n) is 4.28. The second-order valence-electron chi connectivity index (χ2n) is 5.30. The van der Waals surface area contributed by atoms with E-state index in [2.05, 4.69) is 4.90 Å². The van der Waals surface area contributed by atoms with Crippen LogP contribution in [-0.2, 0) is 0 Å². The summed E-state index contributed by atoms with van der Waals surface area (Å²) in [7, 11) is 0. The normalized spacial score (nSPS) is 35.0. The third-order valence-corrected chi connectivity index (χ3v) is 4.28. The molecule has 2 aliphatic rings. The Labute approximate surface area is 94.2 Å². The Morgan fingerprint density at radius 3 is 2.27 bits per heavy atom. The minimum absolute atomic E-state index is 0.783. The average molecular weight is 210 g/mol. The van der Waals surface area contributed by atoms with E-state index in [0.717, 1.165) is 18.5 Å². The highest BCUT2D eigenvalue weighted by molar-refractivity contribution is 4.84. The molecule has 2 heteroatoms. The minimum atomic E-state index is 0.783. The molecule has 88 valence electrons. The van der Waals surface area contributed by atoms with Gasteiger partial charge >= 0.3 is 0 Å². The molecule has 0 radical (unpaired) electrons. The van der Waals surface area contributed by atoms with Gasteiger partial charge in [0.25, 0.3) is 0 Å². The van der Waals surface area contributed by atoms with Crippen LogP contribution in [0.2, 0.25) is 0 Å². The van der Waals surface area contributed by atoms with Crippen molar-refractivity contribution < 1.29 is 0 Å². The lowest BCUT2D eigenvalue weighted by atomic mass is 9.92. The first-order valence-electron chi connectivity index (χ1n) is 6.86. The molecule has 1 saturated heterocycles. The van der Waals surface area contributed by atoms with Crippen molar-refractivity contribution in [3.8, 4) is 0 Å². The molecule has 15 heavy (non-hydrogen) atoms. The van der Waals surface area contributed by atoms with E-state index in [-0.39, 0.29) is 0 Å². The van der Waals surface area contributed by atoms with Crippen LogP contribution in [0.1, 0.15) is 51.4 Å². The number of nitrogens with zero attached hydrogens (tertiary/aromatic N) is 1. The van der Waals surface area contributed by atoms with E-state index in [4.69, 9.17) is 5.73 Å². The molecule has 1 saturated carbocycles. The second kappa shape index (κ2) is 5.86. The zero-order valence-corrected chi connectivity index (χ0v) is 9.96. The van der Waals surface area contributed by atoms with Crippen molar-refractivity contribution in [1.29, 1.82) is 0 Å². The van der Waals surface area contributed by atoms with Crippen molar-refractivity contribution in [2.75, 3.05) is 19.6 Å². The van der Waals surface area contributed by atoms with E-state index in [1.807, 2.05) is 0 Å². The molecule has 0 spiro atoms. The predicted octanol–water partition coefficient (Wildman–Crippen LogP) is 2.38. The van der Waals surface area contributed by atoms with Crippen LogP contribution in [0.4, 0.5) is 0 Å². The van der Waals surface area contributed by atoms with Gasteiger partial charge in [-0.1, -0.05) is 25.7 Å². The standard InChI is InChI=1S/C13H26N2/c14-11-12-7-3-1-4-8-13(12)15-9-5-2-6-10-15/h12-13H,1-11,14H2. The number of hydrogen-bond acceptors (Lipinski definition) is 2. The summed E-state index contributed by atoms with van der Waals surface area (Å²) in [5, 5.41) is 0. The van der Waals surface area contributed by atoms with Crippen LogP contribution < -0.4 is 5.73 Å². The number of likely N-dealkylation sites (tertiary alicyclic amines) is 1. The summed E-state index contributed by atoms with van der Waals surface area (Å²) in [6.07, 6.45) is 11.3. The topological polar surface area (TPSA) is 29.3 Å². The number of nitrogens with two attached hydrogens (primary N) is 1. The first-order chi connectivity index (χ1) is 7.42. The van der Waals surface area contributed by atoms with Gasteiger partial charge in [0.2, 0.25) is 0 Å². The molecule has 2 nitrogen and oxygen atoms in total. The van der Waals surface area contributed by atoms with Crippen LogP contribution in [0.25, 0.3) is 0 Å². The fourth-order valence-corrected chi connectivity index (χ4v) is 3.37. The fraction of sp³-hybridized carbons (Fsp3) is 1.00. The molecule has 0 aromatic rings. The van der Waals surface area contributed by atoms with Gasteiger partial charge in [0.15, 0.2) is 0 Å². The molecule has 1 aliphatic carbocycles. The first kappa shape index (κ1) is 11.4. The molecular weight excluding hydrogens is 184 g/mol. The molecule has 2 N–H and O–H groups in total. The molecule has 0 aromatic heterocycles. The van der Waals surface area contributed by atoms with E-state index in [0.29, 0.717) is 0 Å². The van der Waals surface area contributed by atoms with Gasteiger partial charge in [-0.05, 0) is 51.2 Å². The molecular formula is C13H26N2. The molecule has 1 aliphatic heterocycles. The van der Waals surface area contributed by atoms with Crippen LogP contribution in [0.5, 0.6) is 0 Å². The van der Waals surface area contributed by atoms with E-state index >= 15 is 0 Å². The summed E-state index contributed by atoms with van der Waals surface area (Å²) in [4.78, 5) is 2.74. The molecule has 2 rings (SSSR count). The van der Waals surface area contributed by atoms with Gasteiger partial charge in [-0.2, -0.15) is 0 Å². The Morgan fingerprint density at radius 1 is 0.867 bits per heavy atom. The largest absolute Gasteiger partial charge is 0.330 e. The highest BCUT2D eigenvalue weighted by Crippen LogP contribution is 2.28. The molecule has 2 atom stereocenters. The summed E-state index contributed by atoms with van der Waals surface area (Å²) in [6.45, 7) is 3.57. The van der Waals surface area contributed by atoms with Crippen molar-refractivity contribution in [3.63, 3.8) is 0 Å². The van der Waals surface area contributed by atoms with Crippen molar-refractivity contribution >= 4 is 0 Å². The maximum Gasteiger partial charge on any atom is 0.0135 e. The third kappa shape index (κ3) is 2.94. The molecule has 0 amide bonds. The Bertz CT molecular complexity index is 175. The van der Waals surface area contributed by atoms with Gasteiger partial charge in [-0.25, -0.2) is 0 Å². The van der Waals surface area contributed by atoms with E-state index in [1.54, 1.807) is 0 Å². The van der Waals surface area contributed by atoms with Crippen molar-refractivity contribution in [2.24, 2.45) is 11.7 Å².